The fraction of sp³-hybridized carbons (Fsp3) is 0.350. The van der Waals surface area contributed by atoms with Crippen LogP contribution < -0.4 is 29.6 Å². The molecule has 0 bridgehead atoms. The highest BCUT2D eigenvalue weighted by Gasteiger charge is 2.13. The van der Waals surface area contributed by atoms with E-state index < -0.39 is 0 Å². The summed E-state index contributed by atoms with van der Waals surface area (Å²) in [5.74, 6) is 3.17. The topological polar surface area (TPSA) is 73.3 Å². The summed E-state index contributed by atoms with van der Waals surface area (Å²) in [5, 5.41) is 7.09. The second-order valence-corrected chi connectivity index (χ2v) is 6.13. The third-order valence-corrected chi connectivity index (χ3v) is 4.10. The second kappa shape index (κ2) is 13.2. The SMILES string of the molecule is CN=C(NCCOc1cccc(Cl)c1)NCc1cc(OC)c(OC)c(OC)c1.I. The lowest BCUT2D eigenvalue weighted by atomic mass is 10.2. The van der Waals surface area contributed by atoms with Crippen LogP contribution in [0.15, 0.2) is 41.4 Å². The number of aliphatic imine (C=N–C) groups is 1. The van der Waals surface area contributed by atoms with E-state index in [9.17, 15) is 0 Å². The molecule has 0 aliphatic rings. The quantitative estimate of drug-likeness (QED) is 0.221. The van der Waals surface area contributed by atoms with Gasteiger partial charge in [-0.25, -0.2) is 0 Å². The van der Waals surface area contributed by atoms with Crippen LogP contribution in [0.1, 0.15) is 5.56 Å². The molecule has 0 saturated heterocycles. The summed E-state index contributed by atoms with van der Waals surface area (Å²) in [6, 6.07) is 11.1. The van der Waals surface area contributed by atoms with Gasteiger partial charge in [-0.3, -0.25) is 4.99 Å². The summed E-state index contributed by atoms with van der Waals surface area (Å²) >= 11 is 5.94. The molecule has 9 heteroatoms. The van der Waals surface area contributed by atoms with Crippen LogP contribution in [0.2, 0.25) is 5.02 Å². The maximum atomic E-state index is 5.94. The fourth-order valence-corrected chi connectivity index (χ4v) is 2.72. The van der Waals surface area contributed by atoms with Crippen molar-refractivity contribution in [2.75, 3.05) is 41.5 Å². The first-order valence-electron chi connectivity index (χ1n) is 8.73. The first-order valence-corrected chi connectivity index (χ1v) is 9.10. The lowest BCUT2D eigenvalue weighted by Gasteiger charge is -2.16. The zero-order valence-electron chi connectivity index (χ0n) is 17.0. The molecule has 2 aromatic carbocycles. The Bertz CT molecular complexity index is 780. The van der Waals surface area contributed by atoms with Crippen LogP contribution in [0.25, 0.3) is 0 Å². The number of rotatable bonds is 9. The van der Waals surface area contributed by atoms with Crippen molar-refractivity contribution in [3.05, 3.63) is 47.0 Å². The van der Waals surface area contributed by atoms with Crippen molar-refractivity contribution in [1.29, 1.82) is 0 Å². The van der Waals surface area contributed by atoms with E-state index in [1.54, 1.807) is 34.4 Å². The Hall–Kier alpha value is -2.07. The van der Waals surface area contributed by atoms with Gasteiger partial charge in [0, 0.05) is 18.6 Å². The molecule has 2 aromatic rings. The van der Waals surface area contributed by atoms with Gasteiger partial charge in [0.1, 0.15) is 12.4 Å². The van der Waals surface area contributed by atoms with Crippen LogP contribution >= 0.6 is 35.6 Å². The summed E-state index contributed by atoms with van der Waals surface area (Å²) < 4.78 is 21.8. The number of guanidine groups is 1. The highest BCUT2D eigenvalue weighted by atomic mass is 127. The largest absolute Gasteiger partial charge is 0.493 e. The van der Waals surface area contributed by atoms with Crippen molar-refractivity contribution in [1.82, 2.24) is 10.6 Å². The van der Waals surface area contributed by atoms with Crippen LogP contribution in [0.3, 0.4) is 0 Å². The highest BCUT2D eigenvalue weighted by Crippen LogP contribution is 2.38. The van der Waals surface area contributed by atoms with Crippen molar-refractivity contribution in [3.8, 4) is 23.0 Å². The molecule has 0 spiro atoms. The van der Waals surface area contributed by atoms with Gasteiger partial charge in [-0.2, -0.15) is 0 Å². The molecule has 0 unspecified atom stereocenters. The summed E-state index contributed by atoms with van der Waals surface area (Å²) in [5.41, 5.74) is 0.965. The number of nitrogens with zero attached hydrogens (tertiary/aromatic N) is 1. The molecule has 0 fully saturated rings. The Kier molecular flexibility index (Phi) is 11.4. The van der Waals surface area contributed by atoms with Crippen molar-refractivity contribution >= 4 is 41.5 Å². The van der Waals surface area contributed by atoms with Crippen LogP contribution in [-0.2, 0) is 6.54 Å². The van der Waals surface area contributed by atoms with E-state index in [4.69, 9.17) is 30.5 Å². The number of hydrogen-bond acceptors (Lipinski definition) is 5. The molecule has 0 radical (unpaired) electrons. The van der Waals surface area contributed by atoms with E-state index in [1.807, 2.05) is 30.3 Å². The molecule has 0 aromatic heterocycles. The molecule has 2 N–H and O–H groups in total. The Morgan fingerprint density at radius 3 is 2.24 bits per heavy atom. The highest BCUT2D eigenvalue weighted by molar-refractivity contribution is 14.0. The van der Waals surface area contributed by atoms with Gasteiger partial charge >= 0.3 is 0 Å². The monoisotopic (exact) mass is 535 g/mol. The molecule has 29 heavy (non-hydrogen) atoms. The minimum Gasteiger partial charge on any atom is -0.493 e. The van der Waals surface area contributed by atoms with Crippen LogP contribution in [0.5, 0.6) is 23.0 Å². The Morgan fingerprint density at radius 1 is 1.00 bits per heavy atom. The average Bonchev–Trinajstić information content (AvgIpc) is 2.72. The number of benzene rings is 2. The van der Waals surface area contributed by atoms with Crippen LogP contribution in [0, 0.1) is 0 Å². The normalized spacial score (nSPS) is 10.6. The standard InChI is InChI=1S/C20H26ClN3O4.HI/c1-22-20(23-8-9-28-16-7-5-6-15(21)12-16)24-13-14-10-17(25-2)19(27-4)18(11-14)26-3;/h5-7,10-12H,8-9,13H2,1-4H3,(H2,22,23,24);1H. The van der Waals surface area contributed by atoms with Crippen molar-refractivity contribution in [2.24, 2.45) is 4.99 Å². The van der Waals surface area contributed by atoms with E-state index >= 15 is 0 Å². The average molecular weight is 536 g/mol. The van der Waals surface area contributed by atoms with E-state index in [0.29, 0.717) is 47.9 Å². The summed E-state index contributed by atoms with van der Waals surface area (Å²) in [6.07, 6.45) is 0. The van der Waals surface area contributed by atoms with Gasteiger partial charge in [0.25, 0.3) is 0 Å². The van der Waals surface area contributed by atoms with E-state index in [-0.39, 0.29) is 24.0 Å². The zero-order valence-corrected chi connectivity index (χ0v) is 20.0. The fourth-order valence-electron chi connectivity index (χ4n) is 2.54. The molecule has 2 rings (SSSR count). The number of halogens is 2. The minimum atomic E-state index is 0. The van der Waals surface area contributed by atoms with Gasteiger partial charge in [-0.05, 0) is 35.9 Å². The van der Waals surface area contributed by atoms with Gasteiger partial charge in [0.15, 0.2) is 17.5 Å². The van der Waals surface area contributed by atoms with Crippen molar-refractivity contribution < 1.29 is 18.9 Å². The molecule has 0 aliphatic heterocycles. The lowest BCUT2D eigenvalue weighted by Crippen LogP contribution is -2.38. The second-order valence-electron chi connectivity index (χ2n) is 5.69. The van der Waals surface area contributed by atoms with Crippen LogP contribution in [-0.4, -0.2) is 47.5 Å². The molecule has 0 aliphatic carbocycles. The molecular formula is C20H27ClIN3O4. The molecular weight excluding hydrogens is 509 g/mol. The van der Waals surface area contributed by atoms with Crippen LogP contribution in [0.4, 0.5) is 0 Å². The van der Waals surface area contributed by atoms with Gasteiger partial charge in [0.2, 0.25) is 5.75 Å². The number of ether oxygens (including phenoxy) is 4. The zero-order chi connectivity index (χ0) is 20.4. The third kappa shape index (κ3) is 7.69. The maximum absolute atomic E-state index is 5.94. The first-order chi connectivity index (χ1) is 13.6. The van der Waals surface area contributed by atoms with E-state index in [1.165, 1.54) is 0 Å². The van der Waals surface area contributed by atoms with E-state index in [0.717, 1.165) is 11.3 Å². The lowest BCUT2D eigenvalue weighted by molar-refractivity contribution is 0.322. The third-order valence-electron chi connectivity index (χ3n) is 3.87. The molecule has 160 valence electrons. The predicted molar refractivity (Wildman–Crippen MR) is 127 cm³/mol. The Labute approximate surface area is 193 Å². The summed E-state index contributed by atoms with van der Waals surface area (Å²) in [7, 11) is 6.47. The molecule has 0 amide bonds. The van der Waals surface area contributed by atoms with E-state index in [2.05, 4.69) is 15.6 Å². The predicted octanol–water partition coefficient (Wildman–Crippen LogP) is 3.73. The Morgan fingerprint density at radius 2 is 1.69 bits per heavy atom. The van der Waals surface area contributed by atoms with Gasteiger partial charge in [0.05, 0.1) is 27.9 Å². The number of hydrogen-bond donors (Lipinski definition) is 2. The Balaban J connectivity index is 0.00000420. The van der Waals surface area contributed by atoms with Crippen molar-refractivity contribution in [2.45, 2.75) is 6.54 Å². The minimum absolute atomic E-state index is 0. The van der Waals surface area contributed by atoms with Gasteiger partial charge in [-0.15, -0.1) is 24.0 Å². The summed E-state index contributed by atoms with van der Waals surface area (Å²) in [6.45, 7) is 1.60. The molecule has 0 atom stereocenters. The summed E-state index contributed by atoms with van der Waals surface area (Å²) in [4.78, 5) is 4.21. The first kappa shape index (κ1) is 25.0. The van der Waals surface area contributed by atoms with Crippen molar-refractivity contribution in [3.63, 3.8) is 0 Å². The molecule has 0 saturated carbocycles. The number of methoxy groups -OCH3 is 3. The van der Waals surface area contributed by atoms with Gasteiger partial charge < -0.3 is 29.6 Å². The molecule has 7 nitrogen and oxygen atoms in total. The van der Waals surface area contributed by atoms with Gasteiger partial charge in [-0.1, -0.05) is 17.7 Å². The number of nitrogens with one attached hydrogen (secondary N) is 2. The smallest absolute Gasteiger partial charge is 0.203 e. The maximum Gasteiger partial charge on any atom is 0.203 e. The molecule has 0 heterocycles.